The highest BCUT2D eigenvalue weighted by Gasteiger charge is 2.30. The first-order valence-corrected chi connectivity index (χ1v) is 7.70. The van der Waals surface area contributed by atoms with Crippen molar-refractivity contribution in [3.63, 3.8) is 0 Å². The van der Waals surface area contributed by atoms with Crippen LogP contribution in [0.5, 0.6) is 0 Å². The minimum absolute atomic E-state index is 0.434. The third-order valence-corrected chi connectivity index (χ3v) is 4.74. The molecule has 0 saturated heterocycles. The molecule has 0 spiro atoms. The van der Waals surface area contributed by atoms with Crippen molar-refractivity contribution < 1.29 is 0 Å². The zero-order valence-electron chi connectivity index (χ0n) is 12.0. The van der Waals surface area contributed by atoms with Gasteiger partial charge in [0.15, 0.2) is 11.5 Å². The molecule has 0 radical (unpaired) electrons. The fourth-order valence-electron chi connectivity index (χ4n) is 3.21. The summed E-state index contributed by atoms with van der Waals surface area (Å²) in [7, 11) is 0. The molecule has 5 nitrogen and oxygen atoms in total. The van der Waals surface area contributed by atoms with Crippen LogP contribution in [0.15, 0.2) is 12.1 Å². The van der Waals surface area contributed by atoms with Crippen LogP contribution < -0.4 is 5.32 Å². The SMILES string of the molecule is CC1(CNc2ccc3nnc(C4CC4)n3n2)CCCC1. The molecule has 2 saturated carbocycles. The van der Waals surface area contributed by atoms with Gasteiger partial charge in [0.1, 0.15) is 5.82 Å². The Hall–Kier alpha value is -1.65. The zero-order valence-corrected chi connectivity index (χ0v) is 12.0. The van der Waals surface area contributed by atoms with Gasteiger partial charge in [0.2, 0.25) is 0 Å². The molecule has 0 bridgehead atoms. The van der Waals surface area contributed by atoms with Crippen LogP contribution in [0.3, 0.4) is 0 Å². The van der Waals surface area contributed by atoms with Gasteiger partial charge in [0.25, 0.3) is 0 Å². The number of anilines is 1. The topological polar surface area (TPSA) is 55.1 Å². The molecule has 2 heterocycles. The minimum Gasteiger partial charge on any atom is -0.368 e. The zero-order chi connectivity index (χ0) is 13.6. The Morgan fingerprint density at radius 1 is 1.25 bits per heavy atom. The maximum atomic E-state index is 4.67. The van der Waals surface area contributed by atoms with Gasteiger partial charge >= 0.3 is 0 Å². The average molecular weight is 271 g/mol. The lowest BCUT2D eigenvalue weighted by atomic mass is 9.89. The standard InChI is InChI=1S/C15H21N5/c1-15(8-2-3-9-15)10-16-12-6-7-13-17-18-14(11-4-5-11)20(13)19-12/h6-7,11H,2-5,8-10H2,1H3,(H,16,19). The van der Waals surface area contributed by atoms with E-state index in [2.05, 4.69) is 27.5 Å². The molecule has 2 aromatic heterocycles. The van der Waals surface area contributed by atoms with E-state index >= 15 is 0 Å². The summed E-state index contributed by atoms with van der Waals surface area (Å²) < 4.78 is 1.91. The van der Waals surface area contributed by atoms with E-state index in [-0.39, 0.29) is 0 Å². The summed E-state index contributed by atoms with van der Waals surface area (Å²) in [4.78, 5) is 0. The van der Waals surface area contributed by atoms with E-state index in [1.807, 2.05) is 16.6 Å². The predicted molar refractivity (Wildman–Crippen MR) is 77.8 cm³/mol. The summed E-state index contributed by atoms with van der Waals surface area (Å²) in [6, 6.07) is 4.02. The molecule has 0 aromatic carbocycles. The number of nitrogens with zero attached hydrogens (tertiary/aromatic N) is 4. The van der Waals surface area contributed by atoms with Crippen molar-refractivity contribution >= 4 is 11.5 Å². The number of nitrogens with one attached hydrogen (secondary N) is 1. The van der Waals surface area contributed by atoms with E-state index in [1.54, 1.807) is 0 Å². The second-order valence-electron chi connectivity index (χ2n) is 6.69. The third kappa shape index (κ3) is 2.15. The quantitative estimate of drug-likeness (QED) is 0.928. The van der Waals surface area contributed by atoms with Crippen molar-refractivity contribution in [3.8, 4) is 0 Å². The van der Waals surface area contributed by atoms with Gasteiger partial charge in [-0.3, -0.25) is 0 Å². The molecular weight excluding hydrogens is 250 g/mol. The van der Waals surface area contributed by atoms with Crippen molar-refractivity contribution in [2.45, 2.75) is 51.4 Å². The molecule has 0 atom stereocenters. The lowest BCUT2D eigenvalue weighted by molar-refractivity contribution is 0.361. The van der Waals surface area contributed by atoms with E-state index in [9.17, 15) is 0 Å². The Labute approximate surface area is 118 Å². The third-order valence-electron chi connectivity index (χ3n) is 4.74. The minimum atomic E-state index is 0.434. The highest BCUT2D eigenvalue weighted by Crippen LogP contribution is 2.39. The summed E-state index contributed by atoms with van der Waals surface area (Å²) in [6.07, 6.45) is 7.81. The van der Waals surface area contributed by atoms with Crippen LogP contribution in [0.25, 0.3) is 5.65 Å². The molecule has 2 aromatic rings. The van der Waals surface area contributed by atoms with Gasteiger partial charge in [-0.25, -0.2) is 0 Å². The summed E-state index contributed by atoms with van der Waals surface area (Å²) in [5, 5.41) is 16.6. The molecule has 0 amide bonds. The smallest absolute Gasteiger partial charge is 0.178 e. The van der Waals surface area contributed by atoms with Crippen molar-refractivity contribution in [1.29, 1.82) is 0 Å². The van der Waals surface area contributed by atoms with Gasteiger partial charge < -0.3 is 5.32 Å². The molecule has 1 N–H and O–H groups in total. The fourth-order valence-corrected chi connectivity index (χ4v) is 3.21. The van der Waals surface area contributed by atoms with Crippen LogP contribution >= 0.6 is 0 Å². The van der Waals surface area contributed by atoms with Crippen molar-refractivity contribution in [2.75, 3.05) is 11.9 Å². The van der Waals surface area contributed by atoms with Gasteiger partial charge in [-0.1, -0.05) is 19.8 Å². The second kappa shape index (κ2) is 4.43. The van der Waals surface area contributed by atoms with Gasteiger partial charge in [0.05, 0.1) is 0 Å². The Morgan fingerprint density at radius 3 is 2.80 bits per heavy atom. The summed E-state index contributed by atoms with van der Waals surface area (Å²) >= 11 is 0. The highest BCUT2D eigenvalue weighted by molar-refractivity contribution is 5.44. The van der Waals surface area contributed by atoms with E-state index in [1.165, 1.54) is 38.5 Å². The summed E-state index contributed by atoms with van der Waals surface area (Å²) in [5.74, 6) is 2.53. The Morgan fingerprint density at radius 2 is 2.05 bits per heavy atom. The van der Waals surface area contributed by atoms with E-state index in [0.717, 1.165) is 23.8 Å². The number of hydrogen-bond acceptors (Lipinski definition) is 4. The van der Waals surface area contributed by atoms with Crippen LogP contribution in [0.1, 0.15) is 57.2 Å². The average Bonchev–Trinajstić information content (AvgIpc) is 3.07. The summed E-state index contributed by atoms with van der Waals surface area (Å²) in [5.41, 5.74) is 1.29. The molecule has 20 heavy (non-hydrogen) atoms. The molecule has 4 rings (SSSR count). The van der Waals surface area contributed by atoms with Crippen LogP contribution in [0.2, 0.25) is 0 Å². The molecule has 2 aliphatic carbocycles. The molecule has 0 aliphatic heterocycles. The summed E-state index contributed by atoms with van der Waals surface area (Å²) in [6.45, 7) is 3.38. The first-order valence-electron chi connectivity index (χ1n) is 7.70. The first-order chi connectivity index (χ1) is 9.73. The number of aromatic nitrogens is 4. The van der Waals surface area contributed by atoms with Crippen LogP contribution in [0, 0.1) is 5.41 Å². The van der Waals surface area contributed by atoms with Gasteiger partial charge in [-0.05, 0) is 43.2 Å². The first kappa shape index (κ1) is 12.1. The molecule has 0 unspecified atom stereocenters. The number of rotatable bonds is 4. The van der Waals surface area contributed by atoms with Crippen molar-refractivity contribution in [1.82, 2.24) is 19.8 Å². The predicted octanol–water partition coefficient (Wildman–Crippen LogP) is 2.99. The van der Waals surface area contributed by atoms with E-state index in [4.69, 9.17) is 0 Å². The van der Waals surface area contributed by atoms with Crippen LogP contribution in [0.4, 0.5) is 5.82 Å². The monoisotopic (exact) mass is 271 g/mol. The van der Waals surface area contributed by atoms with Gasteiger partial charge in [-0.15, -0.1) is 15.3 Å². The Kier molecular flexibility index (Phi) is 2.69. The molecular formula is C15H21N5. The van der Waals surface area contributed by atoms with Crippen molar-refractivity contribution in [2.24, 2.45) is 5.41 Å². The van der Waals surface area contributed by atoms with Crippen molar-refractivity contribution in [3.05, 3.63) is 18.0 Å². The second-order valence-corrected chi connectivity index (χ2v) is 6.69. The number of hydrogen-bond donors (Lipinski definition) is 1. The van der Waals surface area contributed by atoms with E-state index in [0.29, 0.717) is 11.3 Å². The molecule has 2 fully saturated rings. The largest absolute Gasteiger partial charge is 0.368 e. The lowest BCUT2D eigenvalue weighted by Crippen LogP contribution is -2.23. The highest BCUT2D eigenvalue weighted by atomic mass is 15.4. The van der Waals surface area contributed by atoms with Gasteiger partial charge in [0, 0.05) is 12.5 Å². The van der Waals surface area contributed by atoms with Gasteiger partial charge in [-0.2, -0.15) is 4.52 Å². The molecule has 5 heteroatoms. The lowest BCUT2D eigenvalue weighted by Gasteiger charge is -2.23. The maximum absolute atomic E-state index is 4.67. The van der Waals surface area contributed by atoms with Crippen LogP contribution in [-0.2, 0) is 0 Å². The number of fused-ring (bicyclic) bond motifs is 1. The van der Waals surface area contributed by atoms with E-state index < -0.39 is 0 Å². The Balaban J connectivity index is 1.55. The molecule has 106 valence electrons. The van der Waals surface area contributed by atoms with Crippen LogP contribution in [-0.4, -0.2) is 26.4 Å². The fraction of sp³-hybridized carbons (Fsp3) is 0.667. The Bertz CT molecular complexity index is 622. The normalized spacial score (nSPS) is 21.4. The molecule has 2 aliphatic rings. The maximum Gasteiger partial charge on any atom is 0.178 e.